The summed E-state index contributed by atoms with van der Waals surface area (Å²) in [7, 11) is -4.77. The van der Waals surface area contributed by atoms with E-state index in [-0.39, 0.29) is 0 Å². The van der Waals surface area contributed by atoms with Crippen LogP contribution in [0.2, 0.25) is 0 Å². The van der Waals surface area contributed by atoms with Crippen LogP contribution in [0.25, 0.3) is 0 Å². The molecule has 0 rings (SSSR count). The molecule has 0 aromatic rings. The molecule has 0 aromatic heterocycles. The Morgan fingerprint density at radius 3 is 1.89 bits per heavy atom. The van der Waals surface area contributed by atoms with Gasteiger partial charge >= 0.3 is 10.1 Å². The summed E-state index contributed by atoms with van der Waals surface area (Å²) in [5.41, 5.74) is 0. The van der Waals surface area contributed by atoms with Crippen molar-refractivity contribution in [3.63, 3.8) is 0 Å². The van der Waals surface area contributed by atoms with E-state index < -0.39 is 25.6 Å². The van der Waals surface area contributed by atoms with E-state index in [2.05, 4.69) is 0 Å². The van der Waals surface area contributed by atoms with Gasteiger partial charge in [-0.2, -0.15) is 8.42 Å². The molecule has 0 fully saturated rings. The quantitative estimate of drug-likeness (QED) is 0.189. The van der Waals surface area contributed by atoms with E-state index in [4.69, 9.17) is 14.5 Å². The molecule has 0 aliphatic heterocycles. The summed E-state index contributed by atoms with van der Waals surface area (Å²) in [5, 5.41) is 6.21. The molecule has 1 unspecified atom stereocenters. The van der Waals surface area contributed by atoms with Crippen molar-refractivity contribution in [2.45, 2.75) is 0 Å². The highest BCUT2D eigenvalue weighted by Crippen LogP contribution is 1.88. The number of rotatable bonds is 0. The molecular weight excluding hydrogens is 170 g/mol. The Morgan fingerprint density at radius 2 is 1.89 bits per heavy atom. The van der Waals surface area contributed by atoms with Crippen LogP contribution in [0.1, 0.15) is 0 Å². The third-order valence-electron chi connectivity index (χ3n) is 0.393. The molecule has 0 aliphatic rings. The summed E-state index contributed by atoms with van der Waals surface area (Å²) in [6.07, 6.45) is 0. The minimum Gasteiger partial charge on any atom is -0.300 e. The predicted octanol–water partition coefficient (Wildman–Crippen LogP) is -0.969. The fourth-order valence-electron chi connectivity index (χ4n) is 0.0901. The van der Waals surface area contributed by atoms with Crippen molar-refractivity contribution in [2.24, 2.45) is 0 Å². The molecule has 0 aliphatic carbocycles. The molecule has 0 bridgehead atoms. The van der Waals surface area contributed by atoms with Gasteiger partial charge in [-0.1, -0.05) is 0 Å². The highest BCUT2D eigenvalue weighted by Gasteiger charge is 2.18. The predicted molar refractivity (Wildman–Crippen MR) is 30.0 cm³/mol. The van der Waals surface area contributed by atoms with Gasteiger partial charge in [0.25, 0.3) is 4.38 Å². The summed E-state index contributed by atoms with van der Waals surface area (Å²) in [5.74, 6) is 0. The molecule has 1 atom stereocenters. The van der Waals surface area contributed by atoms with Crippen molar-refractivity contribution in [2.75, 3.05) is 0 Å². The van der Waals surface area contributed by atoms with Gasteiger partial charge in [0.05, 0.1) is 0 Å². The maximum Gasteiger partial charge on any atom is 0.322 e. The van der Waals surface area contributed by atoms with Gasteiger partial charge in [0, 0.05) is 0 Å². The molecule has 0 radical (unpaired) electrons. The summed E-state index contributed by atoms with van der Waals surface area (Å²) in [6.45, 7) is 0. The average Bonchev–Trinajstić information content (AvgIpc) is 1.62. The van der Waals surface area contributed by atoms with E-state index in [1.165, 1.54) is 0 Å². The van der Waals surface area contributed by atoms with Crippen LogP contribution in [0.15, 0.2) is 0 Å². The first kappa shape index (κ1) is 8.69. The van der Waals surface area contributed by atoms with Crippen LogP contribution in [-0.2, 0) is 21.2 Å². The monoisotopic (exact) mass is 173 g/mol. The van der Waals surface area contributed by atoms with Crippen molar-refractivity contribution < 1.29 is 21.7 Å². The van der Waals surface area contributed by atoms with E-state index in [0.29, 0.717) is 0 Å². The van der Waals surface area contributed by atoms with E-state index >= 15 is 0 Å². The lowest BCUT2D eigenvalue weighted by atomic mass is 11.7. The fourth-order valence-corrected chi connectivity index (χ4v) is 0.811. The van der Waals surface area contributed by atoms with Gasteiger partial charge in [0.2, 0.25) is 11.1 Å². The van der Waals surface area contributed by atoms with Gasteiger partial charge in [0.15, 0.2) is 0 Å². The van der Waals surface area contributed by atoms with Crippen molar-refractivity contribution in [3.05, 3.63) is 0 Å². The second-order valence-corrected chi connectivity index (χ2v) is 3.54. The lowest BCUT2D eigenvalue weighted by molar-refractivity contribution is 0.498. The van der Waals surface area contributed by atoms with Crippen molar-refractivity contribution in [1.29, 1.82) is 5.41 Å². The zero-order valence-electron chi connectivity index (χ0n) is 3.94. The maximum absolute atomic E-state index is 9.75. The van der Waals surface area contributed by atoms with Crippen LogP contribution < -0.4 is 0 Å². The normalized spacial score (nSPS) is 14.9. The molecular formula is CH3NO5S2. The number of nitrogens with one attached hydrogen (secondary N) is 1. The molecule has 0 spiro atoms. The first-order valence-electron chi connectivity index (χ1n) is 1.52. The van der Waals surface area contributed by atoms with E-state index in [1.54, 1.807) is 0 Å². The molecule has 9 heavy (non-hydrogen) atoms. The zero-order chi connectivity index (χ0) is 7.65. The topological polar surface area (TPSA) is 116 Å². The highest BCUT2D eigenvalue weighted by molar-refractivity contribution is 8.24. The molecule has 0 aromatic carbocycles. The van der Waals surface area contributed by atoms with Crippen LogP contribution >= 0.6 is 0 Å². The Morgan fingerprint density at radius 1 is 1.56 bits per heavy atom. The highest BCUT2D eigenvalue weighted by atomic mass is 32.3. The van der Waals surface area contributed by atoms with E-state index in [1.807, 2.05) is 0 Å². The van der Waals surface area contributed by atoms with Gasteiger partial charge in [-0.05, 0) is 0 Å². The molecule has 0 amide bonds. The second kappa shape index (κ2) is 2.52. The first-order valence-corrected chi connectivity index (χ1v) is 4.07. The van der Waals surface area contributed by atoms with Gasteiger partial charge in [-0.15, -0.1) is 0 Å². The standard InChI is InChI=1S/CH3NO5S2/c2-1(8(3)4)9(5,6)7/h2H,(H,3,4)(H,5,6,7). The molecule has 0 heterocycles. The summed E-state index contributed by atoms with van der Waals surface area (Å²) in [4.78, 5) is 0. The molecule has 0 saturated heterocycles. The van der Waals surface area contributed by atoms with Gasteiger partial charge in [-0.3, -0.25) is 9.96 Å². The summed E-state index contributed by atoms with van der Waals surface area (Å²) >= 11 is -2.93. The fraction of sp³-hybridized carbons (Fsp3) is 0. The molecule has 8 heteroatoms. The van der Waals surface area contributed by atoms with Gasteiger partial charge in [-0.25, -0.2) is 4.21 Å². The summed E-state index contributed by atoms with van der Waals surface area (Å²) in [6, 6.07) is 0. The Kier molecular flexibility index (Phi) is 2.43. The average molecular weight is 173 g/mol. The minimum absolute atomic E-state index is 1.61. The van der Waals surface area contributed by atoms with Crippen molar-refractivity contribution >= 4 is 25.6 Å². The van der Waals surface area contributed by atoms with Crippen molar-refractivity contribution in [3.8, 4) is 0 Å². The number of hydrogen-bond acceptors (Lipinski definition) is 4. The summed E-state index contributed by atoms with van der Waals surface area (Å²) < 4.78 is 43.3. The third-order valence-corrected chi connectivity index (χ3v) is 2.24. The van der Waals surface area contributed by atoms with Crippen LogP contribution in [0.5, 0.6) is 0 Å². The second-order valence-electron chi connectivity index (χ2n) is 1.01. The van der Waals surface area contributed by atoms with Crippen molar-refractivity contribution in [1.82, 2.24) is 0 Å². The Labute approximate surface area is 53.4 Å². The zero-order valence-corrected chi connectivity index (χ0v) is 5.57. The molecule has 54 valence electrons. The molecule has 6 nitrogen and oxygen atoms in total. The number of hydrogen-bond donors (Lipinski definition) is 3. The Bertz CT molecular complexity index is 238. The SMILES string of the molecule is N=C(S(=O)O)S(=O)(=O)O. The Balaban J connectivity index is 4.66. The Hall–Kier alpha value is -0.310. The van der Waals surface area contributed by atoms with Gasteiger partial charge in [0.1, 0.15) is 0 Å². The molecule has 3 N–H and O–H groups in total. The third kappa shape index (κ3) is 2.65. The van der Waals surface area contributed by atoms with Crippen LogP contribution in [-0.4, -0.2) is 26.1 Å². The van der Waals surface area contributed by atoms with Crippen LogP contribution in [0.4, 0.5) is 0 Å². The molecule has 0 saturated carbocycles. The van der Waals surface area contributed by atoms with Crippen LogP contribution in [0.3, 0.4) is 0 Å². The maximum atomic E-state index is 9.75. The largest absolute Gasteiger partial charge is 0.322 e. The van der Waals surface area contributed by atoms with E-state index in [9.17, 15) is 12.6 Å². The van der Waals surface area contributed by atoms with E-state index in [0.717, 1.165) is 0 Å². The minimum atomic E-state index is -4.77. The lowest BCUT2D eigenvalue weighted by Crippen LogP contribution is -2.16. The van der Waals surface area contributed by atoms with Crippen LogP contribution in [0, 0.1) is 5.41 Å². The van der Waals surface area contributed by atoms with Gasteiger partial charge < -0.3 is 4.55 Å². The smallest absolute Gasteiger partial charge is 0.300 e. The first-order chi connectivity index (χ1) is 3.85. The lowest BCUT2D eigenvalue weighted by Gasteiger charge is -1.89.